The lowest BCUT2D eigenvalue weighted by atomic mass is 9.67. The zero-order chi connectivity index (χ0) is 43.6. The molecule has 308 valence electrons. The number of benzene rings is 10. The maximum absolute atomic E-state index is 5.44. The average Bonchev–Trinajstić information content (AvgIpc) is 3.90. The van der Waals surface area contributed by atoms with Crippen molar-refractivity contribution in [1.29, 1.82) is 0 Å². The van der Waals surface area contributed by atoms with Crippen LogP contribution in [-0.2, 0) is 5.41 Å². The third-order valence-electron chi connectivity index (χ3n) is 13.7. The lowest BCUT2D eigenvalue weighted by Crippen LogP contribution is -2.28. The average molecular weight is 840 g/mol. The summed E-state index contributed by atoms with van der Waals surface area (Å²) in [6.45, 7) is 0. The van der Waals surface area contributed by atoms with Gasteiger partial charge in [0.25, 0.3) is 0 Å². The van der Waals surface area contributed by atoms with E-state index >= 15 is 0 Å². The first-order valence-electron chi connectivity index (χ1n) is 22.7. The number of para-hydroxylation sites is 2. The molecule has 12 aromatic rings. The fraction of sp³-hybridized carbons (Fsp3) is 0.0159. The maximum Gasteiger partial charge on any atom is 0.160 e. The van der Waals surface area contributed by atoms with Gasteiger partial charge >= 0.3 is 0 Å². The molecule has 3 nitrogen and oxygen atoms in total. The van der Waals surface area contributed by atoms with Gasteiger partial charge in [0.2, 0.25) is 0 Å². The van der Waals surface area contributed by atoms with Gasteiger partial charge in [0.15, 0.2) is 5.82 Å². The van der Waals surface area contributed by atoms with Crippen LogP contribution >= 0.6 is 0 Å². The van der Waals surface area contributed by atoms with Gasteiger partial charge in [-0.3, -0.25) is 0 Å². The van der Waals surface area contributed by atoms with Gasteiger partial charge in [-0.05, 0) is 85.6 Å². The van der Waals surface area contributed by atoms with Gasteiger partial charge in [-0.25, -0.2) is 9.97 Å². The van der Waals surface area contributed by atoms with Crippen molar-refractivity contribution in [3.8, 4) is 61.8 Å². The van der Waals surface area contributed by atoms with Crippen LogP contribution in [0.3, 0.4) is 0 Å². The molecule has 0 radical (unpaired) electrons. The first-order valence-corrected chi connectivity index (χ1v) is 22.7. The number of fused-ring (bicyclic) bond motifs is 7. The third kappa shape index (κ3) is 5.77. The molecule has 0 spiro atoms. The molecule has 13 rings (SSSR count). The second kappa shape index (κ2) is 15.3. The summed E-state index contributed by atoms with van der Waals surface area (Å²) in [6, 6.07) is 89.9. The summed E-state index contributed by atoms with van der Waals surface area (Å²) in [5.41, 5.74) is 17.7. The number of hydrogen-bond donors (Lipinski definition) is 0. The molecule has 3 heteroatoms. The molecule has 1 aliphatic rings. The van der Waals surface area contributed by atoms with E-state index in [9.17, 15) is 0 Å². The van der Waals surface area contributed by atoms with Gasteiger partial charge in [-0.1, -0.05) is 218 Å². The van der Waals surface area contributed by atoms with Crippen LogP contribution in [0, 0.1) is 0 Å². The van der Waals surface area contributed by atoms with E-state index in [1.165, 1.54) is 66.1 Å². The number of hydrogen-bond acceptors (Lipinski definition) is 2. The van der Waals surface area contributed by atoms with E-state index in [1.807, 2.05) is 6.07 Å². The molecule has 0 bridgehead atoms. The summed E-state index contributed by atoms with van der Waals surface area (Å²) in [7, 11) is 0. The predicted molar refractivity (Wildman–Crippen MR) is 273 cm³/mol. The molecule has 2 aromatic heterocycles. The largest absolute Gasteiger partial charge is 0.309 e. The molecular formula is C63H41N3. The van der Waals surface area contributed by atoms with Crippen molar-refractivity contribution in [3.05, 3.63) is 271 Å². The normalized spacial score (nSPS) is 12.7. The molecule has 2 heterocycles. The van der Waals surface area contributed by atoms with Crippen molar-refractivity contribution < 1.29 is 0 Å². The van der Waals surface area contributed by atoms with Crippen LogP contribution in [-0.4, -0.2) is 14.5 Å². The Bertz CT molecular complexity index is 3700. The van der Waals surface area contributed by atoms with Crippen LogP contribution in [0.2, 0.25) is 0 Å². The molecule has 0 amide bonds. The Balaban J connectivity index is 0.985. The van der Waals surface area contributed by atoms with Crippen LogP contribution in [0.5, 0.6) is 0 Å². The zero-order valence-corrected chi connectivity index (χ0v) is 36.0. The number of rotatable bonds is 7. The van der Waals surface area contributed by atoms with Gasteiger partial charge in [0.1, 0.15) is 0 Å². The van der Waals surface area contributed by atoms with E-state index < -0.39 is 5.41 Å². The second-order valence-electron chi connectivity index (χ2n) is 17.2. The van der Waals surface area contributed by atoms with Crippen LogP contribution in [0.1, 0.15) is 22.3 Å². The van der Waals surface area contributed by atoms with E-state index in [1.54, 1.807) is 0 Å². The van der Waals surface area contributed by atoms with Crippen molar-refractivity contribution in [3.63, 3.8) is 0 Å². The topological polar surface area (TPSA) is 30.7 Å². The van der Waals surface area contributed by atoms with Gasteiger partial charge in [-0.2, -0.15) is 0 Å². The van der Waals surface area contributed by atoms with Crippen molar-refractivity contribution in [2.45, 2.75) is 5.41 Å². The summed E-state index contributed by atoms with van der Waals surface area (Å²) < 4.78 is 2.37. The Morgan fingerprint density at radius 3 is 1.45 bits per heavy atom. The Hall–Kier alpha value is -8.66. The van der Waals surface area contributed by atoms with Gasteiger partial charge in [0.05, 0.1) is 27.8 Å². The highest BCUT2D eigenvalue weighted by atomic mass is 15.0. The standard InChI is InChI=1S/C63H41N3/c1-4-19-43(20-5-1)62-64-57(41-58(65-62)54-30-18-32-56-61(54)53-29-12-15-31-55(53)63(56,44-21-6-2-7-22-44)45-23-8-3-9-24-45)50-40-39-47(48-25-10-11-26-49(48)50)42-35-37-46(38-36-42)66-59-33-16-13-27-51(59)52-28-14-17-34-60(52)66/h1-41H. The molecule has 0 N–H and O–H groups in total. The van der Waals surface area contributed by atoms with Crippen LogP contribution in [0.25, 0.3) is 94.4 Å². The Kier molecular flexibility index (Phi) is 8.75. The Morgan fingerprint density at radius 2 is 0.803 bits per heavy atom. The molecule has 0 saturated heterocycles. The lowest BCUT2D eigenvalue weighted by molar-refractivity contribution is 0.768. The second-order valence-corrected chi connectivity index (χ2v) is 17.2. The molecule has 0 fully saturated rings. The van der Waals surface area contributed by atoms with E-state index in [2.05, 4.69) is 247 Å². The monoisotopic (exact) mass is 839 g/mol. The van der Waals surface area contributed by atoms with E-state index in [0.29, 0.717) is 5.82 Å². The Morgan fingerprint density at radius 1 is 0.318 bits per heavy atom. The van der Waals surface area contributed by atoms with Crippen molar-refractivity contribution in [2.24, 2.45) is 0 Å². The third-order valence-corrected chi connectivity index (χ3v) is 13.7. The summed E-state index contributed by atoms with van der Waals surface area (Å²) in [6.07, 6.45) is 0. The van der Waals surface area contributed by atoms with Crippen LogP contribution in [0.15, 0.2) is 249 Å². The summed E-state index contributed by atoms with van der Waals surface area (Å²) >= 11 is 0. The van der Waals surface area contributed by atoms with Crippen LogP contribution in [0.4, 0.5) is 0 Å². The number of nitrogens with zero attached hydrogens (tertiary/aromatic N) is 3. The minimum absolute atomic E-state index is 0.518. The van der Waals surface area contributed by atoms with Gasteiger partial charge in [0, 0.05) is 33.2 Å². The van der Waals surface area contributed by atoms with E-state index in [-0.39, 0.29) is 0 Å². The molecule has 0 atom stereocenters. The van der Waals surface area contributed by atoms with Crippen molar-refractivity contribution >= 4 is 32.6 Å². The minimum Gasteiger partial charge on any atom is -0.309 e. The van der Waals surface area contributed by atoms with Crippen LogP contribution < -0.4 is 0 Å². The summed E-state index contributed by atoms with van der Waals surface area (Å²) in [4.78, 5) is 10.8. The maximum atomic E-state index is 5.44. The summed E-state index contributed by atoms with van der Waals surface area (Å²) in [5.74, 6) is 0.693. The fourth-order valence-corrected chi connectivity index (χ4v) is 10.9. The van der Waals surface area contributed by atoms with E-state index in [0.717, 1.165) is 44.7 Å². The highest BCUT2D eigenvalue weighted by molar-refractivity contribution is 6.09. The number of aromatic nitrogens is 3. The molecule has 1 aliphatic carbocycles. The highest BCUT2D eigenvalue weighted by Gasteiger charge is 2.46. The van der Waals surface area contributed by atoms with Crippen molar-refractivity contribution in [1.82, 2.24) is 14.5 Å². The SMILES string of the molecule is c1ccc(-c2nc(-c3cccc4c3-c3ccccc3C4(c3ccccc3)c3ccccc3)cc(-c3ccc(-c4ccc(-n5c6ccccc6c6ccccc65)cc4)c4ccccc34)n2)cc1. The summed E-state index contributed by atoms with van der Waals surface area (Å²) in [5, 5.41) is 4.83. The highest BCUT2D eigenvalue weighted by Crippen LogP contribution is 2.58. The fourth-order valence-electron chi connectivity index (χ4n) is 10.9. The first kappa shape index (κ1) is 37.9. The zero-order valence-electron chi connectivity index (χ0n) is 36.0. The molecule has 66 heavy (non-hydrogen) atoms. The Labute approximate surface area is 383 Å². The van der Waals surface area contributed by atoms with Gasteiger partial charge < -0.3 is 4.57 Å². The quantitative estimate of drug-likeness (QED) is 0.160. The molecule has 0 aliphatic heterocycles. The molecule has 0 unspecified atom stereocenters. The molecule has 0 saturated carbocycles. The smallest absolute Gasteiger partial charge is 0.160 e. The minimum atomic E-state index is -0.518. The van der Waals surface area contributed by atoms with Gasteiger partial charge in [-0.15, -0.1) is 0 Å². The molecular weight excluding hydrogens is 799 g/mol. The lowest BCUT2D eigenvalue weighted by Gasteiger charge is -2.33. The van der Waals surface area contributed by atoms with E-state index in [4.69, 9.17) is 9.97 Å². The van der Waals surface area contributed by atoms with Crippen molar-refractivity contribution in [2.75, 3.05) is 0 Å². The first-order chi connectivity index (χ1) is 32.8. The molecule has 10 aromatic carbocycles. The predicted octanol–water partition coefficient (Wildman–Crippen LogP) is 15.8.